The van der Waals surface area contributed by atoms with Crippen LogP contribution in [0, 0.1) is 11.7 Å². The standard InChI is InChI=1S/C19H24FN3/c1-3-14-8-10-23(11-9-14)19-21-12-16(13-22-19)17-7-5-6-15(4-2)18(17)20/h5-7,12-14H,3-4,8-11H2,1-2H3. The zero-order valence-electron chi connectivity index (χ0n) is 13.9. The number of aryl methyl sites for hydroxylation is 1. The van der Waals surface area contributed by atoms with E-state index in [1.54, 1.807) is 18.5 Å². The van der Waals surface area contributed by atoms with Crippen molar-refractivity contribution in [2.24, 2.45) is 5.92 Å². The molecule has 1 aliphatic heterocycles. The van der Waals surface area contributed by atoms with Gasteiger partial charge in [-0.05, 0) is 30.7 Å². The third-order valence-corrected chi connectivity index (χ3v) is 4.88. The first kappa shape index (κ1) is 15.9. The van der Waals surface area contributed by atoms with Crippen molar-refractivity contribution >= 4 is 5.95 Å². The molecule has 2 heterocycles. The van der Waals surface area contributed by atoms with Gasteiger partial charge in [-0.3, -0.25) is 0 Å². The SMILES string of the molecule is CCc1cccc(-c2cnc(N3CCC(CC)CC3)nc2)c1F. The number of piperidine rings is 1. The van der Waals surface area contributed by atoms with E-state index in [1.807, 2.05) is 19.1 Å². The number of halogens is 1. The van der Waals surface area contributed by atoms with Gasteiger partial charge >= 0.3 is 0 Å². The van der Waals surface area contributed by atoms with Crippen molar-refractivity contribution in [1.29, 1.82) is 0 Å². The molecule has 23 heavy (non-hydrogen) atoms. The van der Waals surface area contributed by atoms with Crippen molar-refractivity contribution in [3.63, 3.8) is 0 Å². The molecule has 0 spiro atoms. The summed E-state index contributed by atoms with van der Waals surface area (Å²) in [7, 11) is 0. The Hall–Kier alpha value is -1.97. The Bertz CT molecular complexity index is 646. The molecule has 0 amide bonds. The van der Waals surface area contributed by atoms with Crippen LogP contribution in [0.25, 0.3) is 11.1 Å². The molecular formula is C19H24FN3. The number of hydrogen-bond donors (Lipinski definition) is 0. The summed E-state index contributed by atoms with van der Waals surface area (Å²) in [4.78, 5) is 11.2. The molecular weight excluding hydrogens is 289 g/mol. The number of nitrogens with zero attached hydrogens (tertiary/aromatic N) is 3. The van der Waals surface area contributed by atoms with Crippen molar-refractivity contribution < 1.29 is 4.39 Å². The lowest BCUT2D eigenvalue weighted by atomic mass is 9.95. The predicted octanol–water partition coefficient (Wildman–Crippen LogP) is 4.47. The van der Waals surface area contributed by atoms with Crippen molar-refractivity contribution in [1.82, 2.24) is 9.97 Å². The first-order valence-electron chi connectivity index (χ1n) is 8.57. The molecule has 4 heteroatoms. The highest BCUT2D eigenvalue weighted by atomic mass is 19.1. The third-order valence-electron chi connectivity index (χ3n) is 4.88. The van der Waals surface area contributed by atoms with Crippen LogP contribution >= 0.6 is 0 Å². The Morgan fingerprint density at radius 3 is 2.43 bits per heavy atom. The Morgan fingerprint density at radius 1 is 1.13 bits per heavy atom. The molecule has 0 atom stereocenters. The summed E-state index contributed by atoms with van der Waals surface area (Å²) in [6, 6.07) is 5.51. The van der Waals surface area contributed by atoms with Crippen molar-refractivity contribution in [2.45, 2.75) is 39.5 Å². The Balaban J connectivity index is 1.78. The lowest BCUT2D eigenvalue weighted by Gasteiger charge is -2.31. The molecule has 2 aromatic rings. The molecule has 0 N–H and O–H groups in total. The average molecular weight is 313 g/mol. The number of aromatic nitrogens is 2. The van der Waals surface area contributed by atoms with Crippen LogP contribution in [0.3, 0.4) is 0 Å². The highest BCUT2D eigenvalue weighted by molar-refractivity contribution is 5.64. The Kier molecular flexibility index (Phi) is 4.89. The fourth-order valence-corrected chi connectivity index (χ4v) is 3.24. The molecule has 3 rings (SSSR count). The van der Waals surface area contributed by atoms with Gasteiger partial charge in [0.2, 0.25) is 5.95 Å². The van der Waals surface area contributed by atoms with Gasteiger partial charge in [-0.1, -0.05) is 38.5 Å². The fraction of sp³-hybridized carbons (Fsp3) is 0.474. The normalized spacial score (nSPS) is 15.9. The second-order valence-electron chi connectivity index (χ2n) is 6.24. The van der Waals surface area contributed by atoms with Gasteiger partial charge in [-0.25, -0.2) is 14.4 Å². The second kappa shape index (κ2) is 7.07. The molecule has 3 nitrogen and oxygen atoms in total. The highest BCUT2D eigenvalue weighted by Gasteiger charge is 2.19. The maximum Gasteiger partial charge on any atom is 0.225 e. The average Bonchev–Trinajstić information content (AvgIpc) is 2.62. The highest BCUT2D eigenvalue weighted by Crippen LogP contribution is 2.26. The van der Waals surface area contributed by atoms with E-state index in [-0.39, 0.29) is 5.82 Å². The van der Waals surface area contributed by atoms with E-state index >= 15 is 0 Å². The summed E-state index contributed by atoms with van der Waals surface area (Å²) in [5, 5.41) is 0. The minimum atomic E-state index is -0.157. The maximum absolute atomic E-state index is 14.4. The second-order valence-corrected chi connectivity index (χ2v) is 6.24. The summed E-state index contributed by atoms with van der Waals surface area (Å²) in [5.41, 5.74) is 2.05. The van der Waals surface area contributed by atoms with Crippen LogP contribution in [0.4, 0.5) is 10.3 Å². The van der Waals surface area contributed by atoms with Crippen LogP contribution in [-0.2, 0) is 6.42 Å². The quantitative estimate of drug-likeness (QED) is 0.834. The first-order chi connectivity index (χ1) is 11.2. The van der Waals surface area contributed by atoms with E-state index in [9.17, 15) is 4.39 Å². The summed E-state index contributed by atoms with van der Waals surface area (Å²) in [5.74, 6) is 1.43. The van der Waals surface area contributed by atoms with E-state index in [4.69, 9.17) is 0 Å². The molecule has 0 aliphatic carbocycles. The van der Waals surface area contributed by atoms with Crippen molar-refractivity contribution in [2.75, 3.05) is 18.0 Å². The summed E-state index contributed by atoms with van der Waals surface area (Å²) in [6.45, 7) is 6.24. The van der Waals surface area contributed by atoms with Gasteiger partial charge in [-0.15, -0.1) is 0 Å². The van der Waals surface area contributed by atoms with Gasteiger partial charge in [0.25, 0.3) is 0 Å². The summed E-state index contributed by atoms with van der Waals surface area (Å²) < 4.78 is 14.4. The van der Waals surface area contributed by atoms with Crippen molar-refractivity contribution in [3.8, 4) is 11.1 Å². The van der Waals surface area contributed by atoms with E-state index < -0.39 is 0 Å². The van der Waals surface area contributed by atoms with Crippen molar-refractivity contribution in [3.05, 3.63) is 42.0 Å². The molecule has 122 valence electrons. The molecule has 1 aromatic carbocycles. The third kappa shape index (κ3) is 3.36. The molecule has 1 fully saturated rings. The zero-order chi connectivity index (χ0) is 16.2. The summed E-state index contributed by atoms with van der Waals surface area (Å²) >= 11 is 0. The number of rotatable bonds is 4. The van der Waals surface area contributed by atoms with Crippen LogP contribution in [0.2, 0.25) is 0 Å². The predicted molar refractivity (Wildman–Crippen MR) is 92.0 cm³/mol. The number of hydrogen-bond acceptors (Lipinski definition) is 3. The molecule has 0 bridgehead atoms. The minimum absolute atomic E-state index is 0.157. The van der Waals surface area contributed by atoms with E-state index in [1.165, 1.54) is 19.3 Å². The Morgan fingerprint density at radius 2 is 1.83 bits per heavy atom. The Labute approximate surface area is 137 Å². The lowest BCUT2D eigenvalue weighted by Crippen LogP contribution is -2.34. The molecule has 1 aromatic heterocycles. The van der Waals surface area contributed by atoms with Crippen LogP contribution in [0.5, 0.6) is 0 Å². The number of benzene rings is 1. The number of anilines is 1. The summed E-state index contributed by atoms with van der Waals surface area (Å²) in [6.07, 6.45) is 7.83. The van der Waals surface area contributed by atoms with Gasteiger partial charge in [0.15, 0.2) is 0 Å². The molecule has 0 saturated carbocycles. The lowest BCUT2D eigenvalue weighted by molar-refractivity contribution is 0.392. The van der Waals surface area contributed by atoms with Gasteiger partial charge in [0.1, 0.15) is 5.82 Å². The van der Waals surface area contributed by atoms with Gasteiger partial charge in [0.05, 0.1) is 0 Å². The van der Waals surface area contributed by atoms with E-state index in [0.29, 0.717) is 12.0 Å². The molecule has 0 unspecified atom stereocenters. The van der Waals surface area contributed by atoms with Crippen LogP contribution in [0.1, 0.15) is 38.7 Å². The smallest absolute Gasteiger partial charge is 0.225 e. The molecule has 1 aliphatic rings. The molecule has 1 saturated heterocycles. The van der Waals surface area contributed by atoms with E-state index in [0.717, 1.165) is 36.1 Å². The van der Waals surface area contributed by atoms with Crippen LogP contribution < -0.4 is 4.90 Å². The zero-order valence-corrected chi connectivity index (χ0v) is 13.9. The monoisotopic (exact) mass is 313 g/mol. The van der Waals surface area contributed by atoms with Gasteiger partial charge in [0, 0.05) is 36.6 Å². The van der Waals surface area contributed by atoms with Gasteiger partial charge in [-0.2, -0.15) is 0 Å². The maximum atomic E-state index is 14.4. The largest absolute Gasteiger partial charge is 0.341 e. The van der Waals surface area contributed by atoms with Crippen LogP contribution in [0.15, 0.2) is 30.6 Å². The minimum Gasteiger partial charge on any atom is -0.341 e. The first-order valence-corrected chi connectivity index (χ1v) is 8.57. The topological polar surface area (TPSA) is 29.0 Å². The fourth-order valence-electron chi connectivity index (χ4n) is 3.24. The molecule has 0 radical (unpaired) electrons. The van der Waals surface area contributed by atoms with E-state index in [2.05, 4.69) is 21.8 Å². The van der Waals surface area contributed by atoms with Gasteiger partial charge < -0.3 is 4.90 Å². The van der Waals surface area contributed by atoms with Crippen LogP contribution in [-0.4, -0.2) is 23.1 Å².